The van der Waals surface area contributed by atoms with Crippen LogP contribution in [-0.4, -0.2) is 24.8 Å². The second-order valence-electron chi connectivity index (χ2n) is 6.45. The van der Waals surface area contributed by atoms with Crippen molar-refractivity contribution in [1.82, 2.24) is 24.8 Å². The Kier molecular flexibility index (Phi) is 2.87. The number of aromatic nitrogens is 5. The molecule has 0 bridgehead atoms. The van der Waals surface area contributed by atoms with Gasteiger partial charge in [-0.15, -0.1) is 10.2 Å². The number of nitrogens with one attached hydrogen (secondary N) is 1. The van der Waals surface area contributed by atoms with E-state index in [0.29, 0.717) is 11.6 Å². The fourth-order valence-electron chi connectivity index (χ4n) is 3.44. The maximum absolute atomic E-state index is 6.05. The van der Waals surface area contributed by atoms with E-state index in [1.165, 1.54) is 11.3 Å². The van der Waals surface area contributed by atoms with Crippen LogP contribution in [0.4, 0.5) is 0 Å². The molecule has 0 unspecified atom stereocenters. The highest BCUT2D eigenvalue weighted by Crippen LogP contribution is 2.34. The van der Waals surface area contributed by atoms with E-state index in [9.17, 15) is 0 Å². The molecule has 0 atom stereocenters. The predicted molar refractivity (Wildman–Crippen MR) is 106 cm³/mol. The van der Waals surface area contributed by atoms with Gasteiger partial charge >= 0.3 is 0 Å². The predicted octanol–water partition coefficient (Wildman–Crippen LogP) is 5.06. The van der Waals surface area contributed by atoms with Gasteiger partial charge in [0.1, 0.15) is 5.58 Å². The molecule has 0 saturated heterocycles. The number of H-pyrrole nitrogens is 1. The lowest BCUT2D eigenvalue weighted by Gasteiger charge is -1.93. The van der Waals surface area contributed by atoms with Gasteiger partial charge in [-0.05, 0) is 25.1 Å². The van der Waals surface area contributed by atoms with Gasteiger partial charge in [0, 0.05) is 21.9 Å². The average molecular weight is 371 g/mol. The third kappa shape index (κ3) is 2.09. The summed E-state index contributed by atoms with van der Waals surface area (Å²) >= 11 is 1.50. The van der Waals surface area contributed by atoms with Crippen LogP contribution in [0.15, 0.2) is 59.0 Å². The molecule has 6 rings (SSSR count). The van der Waals surface area contributed by atoms with Crippen LogP contribution < -0.4 is 0 Å². The van der Waals surface area contributed by atoms with Crippen molar-refractivity contribution in [3.8, 4) is 22.3 Å². The minimum atomic E-state index is 0.623. The minimum Gasteiger partial charge on any atom is -0.452 e. The van der Waals surface area contributed by atoms with E-state index >= 15 is 0 Å². The van der Waals surface area contributed by atoms with Gasteiger partial charge in [-0.25, -0.2) is 0 Å². The molecular formula is C20H13N5OS. The first-order valence-corrected chi connectivity index (χ1v) is 9.38. The van der Waals surface area contributed by atoms with Crippen molar-refractivity contribution in [3.63, 3.8) is 0 Å². The minimum absolute atomic E-state index is 0.623. The summed E-state index contributed by atoms with van der Waals surface area (Å²) in [5, 5.41) is 16.5. The molecule has 27 heavy (non-hydrogen) atoms. The maximum atomic E-state index is 6.05. The summed E-state index contributed by atoms with van der Waals surface area (Å²) in [7, 11) is 0. The smallest absolute Gasteiger partial charge is 0.235 e. The summed E-state index contributed by atoms with van der Waals surface area (Å²) in [6.07, 6.45) is 0. The first kappa shape index (κ1) is 14.7. The van der Waals surface area contributed by atoms with E-state index in [-0.39, 0.29) is 0 Å². The van der Waals surface area contributed by atoms with Crippen LogP contribution in [0, 0.1) is 6.92 Å². The molecule has 4 heterocycles. The van der Waals surface area contributed by atoms with Gasteiger partial charge in [0.25, 0.3) is 0 Å². The second kappa shape index (κ2) is 5.28. The van der Waals surface area contributed by atoms with Crippen molar-refractivity contribution in [1.29, 1.82) is 0 Å². The summed E-state index contributed by atoms with van der Waals surface area (Å²) in [5.41, 5.74) is 3.94. The zero-order chi connectivity index (χ0) is 18.0. The largest absolute Gasteiger partial charge is 0.452 e. The molecule has 6 nitrogen and oxygen atoms in total. The number of para-hydroxylation sites is 2. The van der Waals surface area contributed by atoms with Gasteiger partial charge in [0.15, 0.2) is 10.8 Å². The Hall–Kier alpha value is -3.45. The number of hydrogen-bond acceptors (Lipinski definition) is 5. The fourth-order valence-corrected chi connectivity index (χ4v) is 4.25. The van der Waals surface area contributed by atoms with E-state index in [0.717, 1.165) is 43.1 Å². The van der Waals surface area contributed by atoms with Crippen LogP contribution in [-0.2, 0) is 0 Å². The Morgan fingerprint density at radius 3 is 2.78 bits per heavy atom. The summed E-state index contributed by atoms with van der Waals surface area (Å²) in [6.45, 7) is 2.03. The number of benzene rings is 2. The molecule has 6 aromatic rings. The van der Waals surface area contributed by atoms with E-state index < -0.39 is 0 Å². The standard InChI is InChI=1S/C20H13N5OS/c1-11-13-7-3-5-9-16(13)26-17(11)18-22-23-20-25(18)24-19(27-20)15-10-12-6-2-4-8-14(12)21-15/h2-10,21H,1H3. The van der Waals surface area contributed by atoms with Gasteiger partial charge in [0.05, 0.1) is 5.69 Å². The Morgan fingerprint density at radius 2 is 1.89 bits per heavy atom. The molecule has 0 aliphatic heterocycles. The molecule has 130 valence electrons. The van der Waals surface area contributed by atoms with E-state index in [1.807, 2.05) is 43.3 Å². The summed E-state index contributed by atoms with van der Waals surface area (Å²) in [6, 6.07) is 18.3. The second-order valence-corrected chi connectivity index (χ2v) is 7.40. The Labute approximate surface area is 157 Å². The quantitative estimate of drug-likeness (QED) is 0.462. The van der Waals surface area contributed by atoms with E-state index in [2.05, 4.69) is 33.4 Å². The lowest BCUT2D eigenvalue weighted by atomic mass is 10.1. The first-order chi connectivity index (χ1) is 13.3. The number of rotatable bonds is 2. The molecule has 0 aliphatic rings. The van der Waals surface area contributed by atoms with Crippen LogP contribution in [0.2, 0.25) is 0 Å². The summed E-state index contributed by atoms with van der Waals surface area (Å²) in [4.78, 5) is 4.15. The SMILES string of the molecule is Cc1c(-c2nnc3sc(-c4cc5ccccc5[nH]4)nn23)oc2ccccc12. The number of aryl methyl sites for hydroxylation is 1. The molecule has 2 aromatic carbocycles. The number of furan rings is 1. The van der Waals surface area contributed by atoms with Crippen LogP contribution in [0.25, 0.3) is 49.1 Å². The van der Waals surface area contributed by atoms with Gasteiger partial charge in [-0.2, -0.15) is 9.61 Å². The van der Waals surface area contributed by atoms with Crippen molar-refractivity contribution in [2.45, 2.75) is 6.92 Å². The molecule has 0 amide bonds. The summed E-state index contributed by atoms with van der Waals surface area (Å²) < 4.78 is 7.81. The molecule has 4 aromatic heterocycles. The highest BCUT2D eigenvalue weighted by atomic mass is 32.1. The third-order valence-corrected chi connectivity index (χ3v) is 5.73. The molecule has 0 spiro atoms. The Morgan fingerprint density at radius 1 is 1.04 bits per heavy atom. The highest BCUT2D eigenvalue weighted by molar-refractivity contribution is 7.19. The zero-order valence-electron chi connectivity index (χ0n) is 14.3. The Bertz CT molecular complexity index is 1420. The van der Waals surface area contributed by atoms with Gasteiger partial charge in [-0.3, -0.25) is 0 Å². The lowest BCUT2D eigenvalue weighted by molar-refractivity contribution is 0.619. The normalized spacial score (nSPS) is 11.9. The highest BCUT2D eigenvalue weighted by Gasteiger charge is 2.21. The van der Waals surface area contributed by atoms with Crippen molar-refractivity contribution in [3.05, 3.63) is 60.2 Å². The Balaban J connectivity index is 1.54. The monoisotopic (exact) mass is 371 g/mol. The first-order valence-electron chi connectivity index (χ1n) is 8.57. The maximum Gasteiger partial charge on any atom is 0.235 e. The number of nitrogens with zero attached hydrogens (tertiary/aromatic N) is 4. The van der Waals surface area contributed by atoms with Crippen LogP contribution in [0.1, 0.15) is 5.56 Å². The van der Waals surface area contributed by atoms with Crippen molar-refractivity contribution in [2.75, 3.05) is 0 Å². The van der Waals surface area contributed by atoms with Crippen LogP contribution >= 0.6 is 11.3 Å². The van der Waals surface area contributed by atoms with Crippen molar-refractivity contribution in [2.24, 2.45) is 0 Å². The molecule has 7 heteroatoms. The average Bonchev–Trinajstić information content (AvgIpc) is 3.43. The van der Waals surface area contributed by atoms with E-state index in [1.54, 1.807) is 4.52 Å². The van der Waals surface area contributed by atoms with Gasteiger partial charge in [0.2, 0.25) is 10.8 Å². The van der Waals surface area contributed by atoms with Gasteiger partial charge in [-0.1, -0.05) is 47.7 Å². The molecular weight excluding hydrogens is 358 g/mol. The molecule has 0 radical (unpaired) electrons. The molecule has 0 saturated carbocycles. The van der Waals surface area contributed by atoms with E-state index in [4.69, 9.17) is 9.52 Å². The lowest BCUT2D eigenvalue weighted by Crippen LogP contribution is -1.91. The van der Waals surface area contributed by atoms with Crippen LogP contribution in [0.3, 0.4) is 0 Å². The topological polar surface area (TPSA) is 72.0 Å². The number of hydrogen-bond donors (Lipinski definition) is 1. The molecule has 0 fully saturated rings. The number of aromatic amines is 1. The van der Waals surface area contributed by atoms with Crippen LogP contribution in [0.5, 0.6) is 0 Å². The van der Waals surface area contributed by atoms with Crippen molar-refractivity contribution < 1.29 is 4.42 Å². The molecule has 0 aliphatic carbocycles. The van der Waals surface area contributed by atoms with Crippen molar-refractivity contribution >= 4 is 38.2 Å². The molecule has 1 N–H and O–H groups in total. The third-order valence-electron chi connectivity index (χ3n) is 4.80. The zero-order valence-corrected chi connectivity index (χ0v) is 15.1. The number of fused-ring (bicyclic) bond motifs is 3. The summed E-state index contributed by atoms with van der Waals surface area (Å²) in [5.74, 6) is 1.33. The fraction of sp³-hybridized carbons (Fsp3) is 0.0500. The van der Waals surface area contributed by atoms with Gasteiger partial charge < -0.3 is 9.40 Å².